The van der Waals surface area contributed by atoms with E-state index in [0.29, 0.717) is 12.8 Å². The van der Waals surface area contributed by atoms with Crippen molar-refractivity contribution in [3.63, 3.8) is 0 Å². The first-order valence-corrected chi connectivity index (χ1v) is 8.36. The Morgan fingerprint density at radius 1 is 0.731 bits per heavy atom. The van der Waals surface area contributed by atoms with Crippen molar-refractivity contribution in [2.75, 3.05) is 28.4 Å². The van der Waals surface area contributed by atoms with Crippen LogP contribution in [0.2, 0.25) is 0 Å². The molecule has 8 heteroatoms. The van der Waals surface area contributed by atoms with Crippen LogP contribution in [-0.4, -0.2) is 52.3 Å². The van der Waals surface area contributed by atoms with Gasteiger partial charge in [0.1, 0.15) is 0 Å². The fraction of sp³-hybridized carbons (Fsp3) is 0.778. The summed E-state index contributed by atoms with van der Waals surface area (Å²) in [6.45, 7) is 5.38. The molecule has 2 aliphatic carbocycles. The minimum Gasteiger partial charge on any atom is -0.468 e. The van der Waals surface area contributed by atoms with Crippen molar-refractivity contribution in [1.82, 2.24) is 0 Å². The first-order valence-electron chi connectivity index (χ1n) is 8.36. The van der Waals surface area contributed by atoms with E-state index in [1.54, 1.807) is 6.92 Å². The van der Waals surface area contributed by atoms with E-state index in [-0.39, 0.29) is 0 Å². The Morgan fingerprint density at radius 3 is 1.46 bits per heavy atom. The van der Waals surface area contributed by atoms with Gasteiger partial charge in [0, 0.05) is 5.41 Å². The van der Waals surface area contributed by atoms with Crippen molar-refractivity contribution < 1.29 is 38.1 Å². The summed E-state index contributed by atoms with van der Waals surface area (Å²) in [5, 5.41) is 0. The number of hydrogen-bond acceptors (Lipinski definition) is 8. The van der Waals surface area contributed by atoms with Crippen LogP contribution < -0.4 is 0 Å². The maximum absolute atomic E-state index is 13.1. The molecule has 8 nitrogen and oxygen atoms in total. The molecule has 0 saturated heterocycles. The van der Waals surface area contributed by atoms with E-state index in [1.165, 1.54) is 0 Å². The summed E-state index contributed by atoms with van der Waals surface area (Å²) in [5.74, 6) is -4.67. The van der Waals surface area contributed by atoms with Gasteiger partial charge in [-0.25, -0.2) is 0 Å². The number of ether oxygens (including phenoxy) is 4. The van der Waals surface area contributed by atoms with E-state index in [0.717, 1.165) is 28.4 Å². The first-order chi connectivity index (χ1) is 12.0. The Morgan fingerprint density at radius 2 is 1.12 bits per heavy atom. The van der Waals surface area contributed by atoms with E-state index in [1.807, 2.05) is 13.8 Å². The Hall–Kier alpha value is -2.12. The van der Waals surface area contributed by atoms with Gasteiger partial charge in [0.05, 0.1) is 28.4 Å². The van der Waals surface area contributed by atoms with E-state index in [4.69, 9.17) is 18.9 Å². The zero-order valence-electron chi connectivity index (χ0n) is 16.3. The van der Waals surface area contributed by atoms with Crippen molar-refractivity contribution >= 4 is 23.9 Å². The second kappa shape index (κ2) is 5.96. The lowest BCUT2D eigenvalue weighted by atomic mass is 9.50. The van der Waals surface area contributed by atoms with Crippen molar-refractivity contribution in [3.8, 4) is 0 Å². The monoisotopic (exact) mass is 370 g/mol. The molecule has 0 aliphatic heterocycles. The molecular weight excluding hydrogens is 344 g/mol. The van der Waals surface area contributed by atoms with E-state index in [9.17, 15) is 19.2 Å². The van der Waals surface area contributed by atoms with E-state index in [2.05, 4.69) is 0 Å². The number of carbonyl (C=O) groups is 4. The molecule has 2 unspecified atom stereocenters. The Balaban J connectivity index is 3.08. The van der Waals surface area contributed by atoms with Crippen LogP contribution in [0.4, 0.5) is 0 Å². The van der Waals surface area contributed by atoms with Gasteiger partial charge < -0.3 is 18.9 Å². The molecule has 2 rings (SSSR count). The maximum atomic E-state index is 13.1. The maximum Gasteiger partial charge on any atom is 0.325 e. The minimum atomic E-state index is -2.21. The van der Waals surface area contributed by atoms with Crippen molar-refractivity contribution in [3.05, 3.63) is 0 Å². The fourth-order valence-electron chi connectivity index (χ4n) is 5.78. The average molecular weight is 370 g/mol. The van der Waals surface area contributed by atoms with Crippen LogP contribution in [0.3, 0.4) is 0 Å². The van der Waals surface area contributed by atoms with Gasteiger partial charge >= 0.3 is 23.9 Å². The molecule has 26 heavy (non-hydrogen) atoms. The number of fused-ring (bicyclic) bond motifs is 2. The number of rotatable bonds is 4. The highest BCUT2D eigenvalue weighted by molar-refractivity contribution is 6.16. The van der Waals surface area contributed by atoms with Crippen LogP contribution in [0.1, 0.15) is 33.6 Å². The third-order valence-corrected chi connectivity index (χ3v) is 7.17. The Bertz CT molecular complexity index is 632. The van der Waals surface area contributed by atoms with Crippen LogP contribution in [0.5, 0.6) is 0 Å². The van der Waals surface area contributed by atoms with Crippen molar-refractivity contribution in [2.45, 2.75) is 33.6 Å². The molecule has 2 fully saturated rings. The Labute approximate surface area is 152 Å². The molecule has 2 saturated carbocycles. The van der Waals surface area contributed by atoms with Gasteiger partial charge in [-0.05, 0) is 24.2 Å². The quantitative estimate of drug-likeness (QED) is 0.412. The number of methoxy groups -OCH3 is 4. The molecule has 2 atom stereocenters. The molecule has 0 heterocycles. The third-order valence-electron chi connectivity index (χ3n) is 7.17. The molecule has 0 radical (unpaired) electrons. The lowest BCUT2D eigenvalue weighted by Crippen LogP contribution is -2.67. The molecule has 0 N–H and O–H groups in total. The smallest absolute Gasteiger partial charge is 0.325 e. The van der Waals surface area contributed by atoms with Crippen LogP contribution in [0, 0.1) is 27.6 Å². The predicted molar refractivity (Wildman–Crippen MR) is 87.5 cm³/mol. The zero-order chi connectivity index (χ0) is 20.1. The summed E-state index contributed by atoms with van der Waals surface area (Å²) in [4.78, 5) is 52.4. The van der Waals surface area contributed by atoms with Gasteiger partial charge in [-0.3, -0.25) is 19.2 Å². The van der Waals surface area contributed by atoms with E-state index < -0.39 is 51.5 Å². The van der Waals surface area contributed by atoms with Gasteiger partial charge in [0.2, 0.25) is 0 Å². The minimum absolute atomic E-state index is 0.435. The topological polar surface area (TPSA) is 105 Å². The van der Waals surface area contributed by atoms with Crippen molar-refractivity contribution in [2.24, 2.45) is 27.6 Å². The molecule has 2 aliphatic rings. The van der Waals surface area contributed by atoms with E-state index >= 15 is 0 Å². The fourth-order valence-corrected chi connectivity index (χ4v) is 5.78. The molecule has 146 valence electrons. The standard InChI is InChI=1S/C18H26O8/c1-15(2)10-8-9-16(15,3)18(13(21)25-6,14(22)26-7)17(10,11(19)23-4)12(20)24-5/h10H,8-9H2,1-7H3. The van der Waals surface area contributed by atoms with Gasteiger partial charge in [0.25, 0.3) is 0 Å². The highest BCUT2D eigenvalue weighted by atomic mass is 16.6. The van der Waals surface area contributed by atoms with Gasteiger partial charge in [0.15, 0.2) is 10.8 Å². The van der Waals surface area contributed by atoms with Gasteiger partial charge in [-0.2, -0.15) is 0 Å². The highest BCUT2D eigenvalue weighted by Crippen LogP contribution is 2.81. The van der Waals surface area contributed by atoms with Gasteiger partial charge in [-0.15, -0.1) is 0 Å². The summed E-state index contributed by atoms with van der Waals surface area (Å²) in [7, 11) is 4.42. The summed E-state index contributed by atoms with van der Waals surface area (Å²) in [6.07, 6.45) is 0.883. The first kappa shape index (κ1) is 20.2. The summed E-state index contributed by atoms with van der Waals surface area (Å²) in [6, 6.07) is 0. The number of esters is 4. The van der Waals surface area contributed by atoms with Crippen LogP contribution >= 0.6 is 0 Å². The normalized spacial score (nSPS) is 29.6. The predicted octanol–water partition coefficient (Wildman–Crippen LogP) is 1.11. The molecule has 0 spiro atoms. The summed E-state index contributed by atoms with van der Waals surface area (Å²) >= 11 is 0. The largest absolute Gasteiger partial charge is 0.468 e. The lowest BCUT2D eigenvalue weighted by Gasteiger charge is -2.49. The lowest BCUT2D eigenvalue weighted by molar-refractivity contribution is -0.212. The zero-order valence-corrected chi connectivity index (χ0v) is 16.3. The second-order valence-electron chi connectivity index (χ2n) is 7.67. The van der Waals surface area contributed by atoms with Crippen LogP contribution in [0.15, 0.2) is 0 Å². The molecular formula is C18H26O8. The summed E-state index contributed by atoms with van der Waals surface area (Å²) < 4.78 is 19.8. The average Bonchev–Trinajstić information content (AvgIpc) is 2.94. The summed E-state index contributed by atoms with van der Waals surface area (Å²) in [5.41, 5.74) is -6.24. The second-order valence-corrected chi connectivity index (χ2v) is 7.67. The van der Waals surface area contributed by atoms with Crippen LogP contribution in [-0.2, 0) is 38.1 Å². The molecule has 0 aromatic carbocycles. The third kappa shape index (κ3) is 1.70. The Kier molecular flexibility index (Phi) is 4.63. The molecule has 0 aromatic rings. The molecule has 0 aromatic heterocycles. The highest BCUT2D eigenvalue weighted by Gasteiger charge is 2.92. The van der Waals surface area contributed by atoms with Crippen LogP contribution in [0.25, 0.3) is 0 Å². The molecule has 2 bridgehead atoms. The number of carbonyl (C=O) groups excluding carboxylic acids is 4. The number of hydrogen-bond donors (Lipinski definition) is 0. The SMILES string of the molecule is COC(=O)C1(C(=O)OC)C2CCC(C)(C2(C)C)C1(C(=O)OC)C(=O)OC. The van der Waals surface area contributed by atoms with Gasteiger partial charge in [-0.1, -0.05) is 20.8 Å². The molecule has 0 amide bonds. The van der Waals surface area contributed by atoms with Crippen molar-refractivity contribution in [1.29, 1.82) is 0 Å².